The van der Waals surface area contributed by atoms with Gasteiger partial charge in [0.1, 0.15) is 5.01 Å². The number of rotatable bonds is 6. The molecule has 0 saturated heterocycles. The Labute approximate surface area is 97.0 Å². The fraction of sp³-hybridized carbons (Fsp3) is 0.667. The van der Waals surface area contributed by atoms with Crippen LogP contribution in [0.3, 0.4) is 0 Å². The second-order valence-corrected chi connectivity index (χ2v) is 4.83. The van der Waals surface area contributed by atoms with Gasteiger partial charge >= 0.3 is 0 Å². The molecule has 0 radical (unpaired) electrons. The van der Waals surface area contributed by atoms with Crippen molar-refractivity contribution in [1.82, 2.24) is 10.3 Å². The summed E-state index contributed by atoms with van der Waals surface area (Å²) < 4.78 is 5.32. The van der Waals surface area contributed by atoms with Crippen molar-refractivity contribution in [3.05, 3.63) is 16.1 Å². The molecule has 14 heavy (non-hydrogen) atoms. The van der Waals surface area contributed by atoms with Gasteiger partial charge in [-0.3, -0.25) is 0 Å². The molecular formula is C9H15BrN2OS. The van der Waals surface area contributed by atoms with Gasteiger partial charge in [-0.05, 0) is 14.0 Å². The average molecular weight is 279 g/mol. The highest BCUT2D eigenvalue weighted by atomic mass is 79.9. The van der Waals surface area contributed by atoms with Crippen LogP contribution in [0, 0.1) is 0 Å². The summed E-state index contributed by atoms with van der Waals surface area (Å²) in [5.74, 6) is 0. The molecule has 5 heteroatoms. The van der Waals surface area contributed by atoms with Crippen LogP contribution in [0.15, 0.2) is 5.38 Å². The second kappa shape index (κ2) is 6.50. The van der Waals surface area contributed by atoms with Crippen molar-refractivity contribution < 1.29 is 4.74 Å². The van der Waals surface area contributed by atoms with E-state index >= 15 is 0 Å². The zero-order valence-electron chi connectivity index (χ0n) is 8.42. The number of nitrogens with one attached hydrogen (secondary N) is 1. The molecule has 1 aromatic heterocycles. The van der Waals surface area contributed by atoms with E-state index in [4.69, 9.17) is 4.74 Å². The predicted octanol–water partition coefficient (Wildman–Crippen LogP) is 2.34. The van der Waals surface area contributed by atoms with Crippen molar-refractivity contribution in [2.45, 2.75) is 18.3 Å². The van der Waals surface area contributed by atoms with Gasteiger partial charge < -0.3 is 10.1 Å². The zero-order chi connectivity index (χ0) is 10.4. The quantitative estimate of drug-likeness (QED) is 0.812. The molecule has 0 fully saturated rings. The summed E-state index contributed by atoms with van der Waals surface area (Å²) >= 11 is 5.22. The first-order chi connectivity index (χ1) is 6.77. The molecule has 0 saturated carbocycles. The Bertz CT molecular complexity index is 267. The summed E-state index contributed by atoms with van der Waals surface area (Å²) in [5.41, 5.74) is 1.09. The van der Waals surface area contributed by atoms with Crippen molar-refractivity contribution in [1.29, 1.82) is 0 Å². The molecule has 0 amide bonds. The minimum Gasteiger partial charge on any atom is -0.380 e. The SMILES string of the molecule is CCOCC(Br)c1nc(CNC)cs1. The predicted molar refractivity (Wildman–Crippen MR) is 63.0 cm³/mol. The Morgan fingerprint density at radius 2 is 2.50 bits per heavy atom. The molecule has 1 atom stereocenters. The third-order valence-electron chi connectivity index (χ3n) is 1.66. The molecule has 1 unspecified atom stereocenters. The molecule has 3 nitrogen and oxygen atoms in total. The van der Waals surface area contributed by atoms with Crippen LogP contribution >= 0.6 is 27.3 Å². The van der Waals surface area contributed by atoms with Crippen LogP contribution in [-0.2, 0) is 11.3 Å². The van der Waals surface area contributed by atoms with Gasteiger partial charge in [0.2, 0.25) is 0 Å². The van der Waals surface area contributed by atoms with Crippen LogP contribution in [0.1, 0.15) is 22.5 Å². The molecule has 1 aromatic rings. The number of hydrogen-bond acceptors (Lipinski definition) is 4. The number of thiazole rings is 1. The van der Waals surface area contributed by atoms with Crippen molar-refractivity contribution in [3.63, 3.8) is 0 Å². The monoisotopic (exact) mass is 278 g/mol. The first-order valence-electron chi connectivity index (χ1n) is 4.58. The van der Waals surface area contributed by atoms with Crippen LogP contribution in [0.4, 0.5) is 0 Å². The third kappa shape index (κ3) is 3.65. The average Bonchev–Trinajstić information content (AvgIpc) is 2.63. The summed E-state index contributed by atoms with van der Waals surface area (Å²) in [7, 11) is 1.92. The van der Waals surface area contributed by atoms with E-state index in [9.17, 15) is 0 Å². The molecule has 1 rings (SSSR count). The van der Waals surface area contributed by atoms with Gasteiger partial charge in [-0.15, -0.1) is 11.3 Å². The van der Waals surface area contributed by atoms with E-state index in [1.54, 1.807) is 11.3 Å². The number of nitrogens with zero attached hydrogens (tertiary/aromatic N) is 1. The Morgan fingerprint density at radius 3 is 3.14 bits per heavy atom. The van der Waals surface area contributed by atoms with Gasteiger partial charge in [0.15, 0.2) is 0 Å². The Morgan fingerprint density at radius 1 is 1.71 bits per heavy atom. The highest BCUT2D eigenvalue weighted by Gasteiger charge is 2.11. The van der Waals surface area contributed by atoms with Crippen LogP contribution in [0.5, 0.6) is 0 Å². The number of halogens is 1. The standard InChI is InChI=1S/C9H15BrN2OS/c1-3-13-5-8(10)9-12-7(4-11-2)6-14-9/h6,8,11H,3-5H2,1-2H3. The van der Waals surface area contributed by atoms with E-state index in [1.165, 1.54) is 0 Å². The minimum atomic E-state index is 0.220. The van der Waals surface area contributed by atoms with Crippen LogP contribution in [-0.4, -0.2) is 25.2 Å². The molecule has 0 aliphatic rings. The summed E-state index contributed by atoms with van der Waals surface area (Å²) in [6.45, 7) is 4.25. The fourth-order valence-electron chi connectivity index (χ4n) is 1.02. The largest absolute Gasteiger partial charge is 0.380 e. The molecule has 0 bridgehead atoms. The smallest absolute Gasteiger partial charge is 0.109 e. The lowest BCUT2D eigenvalue weighted by Gasteiger charge is -2.05. The fourth-order valence-corrected chi connectivity index (χ4v) is 2.41. The summed E-state index contributed by atoms with van der Waals surface area (Å²) in [5, 5.41) is 6.24. The maximum Gasteiger partial charge on any atom is 0.109 e. The Hall–Kier alpha value is 0.0300. The second-order valence-electron chi connectivity index (χ2n) is 2.83. The summed E-state index contributed by atoms with van der Waals surface area (Å²) in [6.07, 6.45) is 0. The summed E-state index contributed by atoms with van der Waals surface area (Å²) in [6, 6.07) is 0. The van der Waals surface area contributed by atoms with Crippen molar-refractivity contribution in [3.8, 4) is 0 Å². The van der Waals surface area contributed by atoms with E-state index in [0.717, 1.165) is 23.9 Å². The first kappa shape index (κ1) is 12.1. The highest BCUT2D eigenvalue weighted by molar-refractivity contribution is 9.09. The molecule has 1 N–H and O–H groups in total. The lowest BCUT2D eigenvalue weighted by Crippen LogP contribution is -2.06. The molecule has 0 aliphatic carbocycles. The number of aromatic nitrogens is 1. The van der Waals surface area contributed by atoms with E-state index < -0.39 is 0 Å². The zero-order valence-corrected chi connectivity index (χ0v) is 10.8. The topological polar surface area (TPSA) is 34.1 Å². The minimum absolute atomic E-state index is 0.220. The van der Waals surface area contributed by atoms with E-state index in [0.29, 0.717) is 6.61 Å². The molecular weight excluding hydrogens is 264 g/mol. The van der Waals surface area contributed by atoms with Gasteiger partial charge in [-0.1, -0.05) is 15.9 Å². The molecule has 0 aliphatic heterocycles. The molecule has 0 aromatic carbocycles. The number of hydrogen-bond donors (Lipinski definition) is 1. The van der Waals surface area contributed by atoms with E-state index in [1.807, 2.05) is 14.0 Å². The van der Waals surface area contributed by atoms with Gasteiger partial charge in [0, 0.05) is 18.5 Å². The maximum atomic E-state index is 5.32. The lowest BCUT2D eigenvalue weighted by atomic mass is 10.4. The number of alkyl halides is 1. The van der Waals surface area contributed by atoms with Gasteiger partial charge in [-0.25, -0.2) is 4.98 Å². The Kier molecular flexibility index (Phi) is 5.62. The summed E-state index contributed by atoms with van der Waals surface area (Å²) in [4.78, 5) is 4.70. The number of ether oxygens (including phenoxy) is 1. The van der Waals surface area contributed by atoms with Gasteiger partial charge in [0.25, 0.3) is 0 Å². The van der Waals surface area contributed by atoms with Crippen LogP contribution in [0.2, 0.25) is 0 Å². The van der Waals surface area contributed by atoms with Crippen LogP contribution in [0.25, 0.3) is 0 Å². The first-order valence-corrected chi connectivity index (χ1v) is 6.38. The van der Waals surface area contributed by atoms with E-state index in [-0.39, 0.29) is 4.83 Å². The van der Waals surface area contributed by atoms with Gasteiger partial charge in [-0.2, -0.15) is 0 Å². The molecule has 80 valence electrons. The highest BCUT2D eigenvalue weighted by Crippen LogP contribution is 2.26. The Balaban J connectivity index is 2.48. The molecule has 0 spiro atoms. The van der Waals surface area contributed by atoms with Gasteiger partial charge in [0.05, 0.1) is 17.1 Å². The normalized spacial score (nSPS) is 13.1. The lowest BCUT2D eigenvalue weighted by molar-refractivity contribution is 0.150. The van der Waals surface area contributed by atoms with Crippen molar-refractivity contribution in [2.75, 3.05) is 20.3 Å². The van der Waals surface area contributed by atoms with Crippen LogP contribution < -0.4 is 5.32 Å². The van der Waals surface area contributed by atoms with Crippen molar-refractivity contribution >= 4 is 27.3 Å². The maximum absolute atomic E-state index is 5.32. The molecule has 1 heterocycles. The van der Waals surface area contributed by atoms with Crippen molar-refractivity contribution in [2.24, 2.45) is 0 Å². The third-order valence-corrected chi connectivity index (χ3v) is 3.67. The van der Waals surface area contributed by atoms with E-state index in [2.05, 4.69) is 31.6 Å².